The van der Waals surface area contributed by atoms with E-state index in [2.05, 4.69) is 36.1 Å². The van der Waals surface area contributed by atoms with Gasteiger partial charge < -0.3 is 0 Å². The summed E-state index contributed by atoms with van der Waals surface area (Å²) < 4.78 is 1.06. The molecule has 0 aliphatic carbocycles. The van der Waals surface area contributed by atoms with Gasteiger partial charge >= 0.3 is 5.69 Å². The van der Waals surface area contributed by atoms with Crippen molar-refractivity contribution in [2.24, 2.45) is 0 Å². The van der Waals surface area contributed by atoms with Crippen molar-refractivity contribution in [2.45, 2.75) is 20.4 Å². The normalized spacial score (nSPS) is 7.58. The molecule has 1 rings (SSSR count). The molecule has 0 saturated carbocycles. The van der Waals surface area contributed by atoms with E-state index >= 15 is 0 Å². The lowest BCUT2D eigenvalue weighted by Crippen LogP contribution is -2.33. The van der Waals surface area contributed by atoms with Crippen molar-refractivity contribution in [2.75, 3.05) is 13.3 Å². The quantitative estimate of drug-likeness (QED) is 0.488. The van der Waals surface area contributed by atoms with Gasteiger partial charge in [-0.05, 0) is 39.0 Å². The van der Waals surface area contributed by atoms with Crippen LogP contribution in [0.2, 0.25) is 5.15 Å². The molecule has 0 fully saturated rings. The standard InChI is InChI=1S/C6H7ClN2O2.C5H4.C2H7P/c1-2-9-5(10)3-4(7)8-6(9)11;1-3-5-4-2;1-3-2/h3H,2H2,1H3,(H,8,11);1H,2H3;3H,1-2H3. The van der Waals surface area contributed by atoms with E-state index in [1.165, 1.54) is 6.07 Å². The van der Waals surface area contributed by atoms with E-state index in [9.17, 15) is 9.59 Å². The summed E-state index contributed by atoms with van der Waals surface area (Å²) in [5, 5.41) is 0.0738. The van der Waals surface area contributed by atoms with Gasteiger partial charge in [0.05, 0.1) is 0 Å². The van der Waals surface area contributed by atoms with Crippen LogP contribution in [0.4, 0.5) is 0 Å². The molecule has 19 heavy (non-hydrogen) atoms. The lowest BCUT2D eigenvalue weighted by Gasteiger charge is -1.97. The molecule has 1 heterocycles. The lowest BCUT2D eigenvalue weighted by atomic mass is 10.6. The third-order valence-corrected chi connectivity index (χ3v) is 1.70. The van der Waals surface area contributed by atoms with E-state index in [-0.39, 0.29) is 10.7 Å². The molecule has 0 saturated heterocycles. The molecule has 0 aromatic carbocycles. The minimum absolute atomic E-state index is 0.0738. The molecule has 0 aliphatic rings. The molecule has 1 N–H and O–H groups in total. The van der Waals surface area contributed by atoms with Crippen molar-refractivity contribution in [3.8, 4) is 24.2 Å². The zero-order valence-corrected chi connectivity index (χ0v) is 13.3. The van der Waals surface area contributed by atoms with Crippen LogP contribution >= 0.6 is 20.2 Å². The third-order valence-electron chi connectivity index (χ3n) is 1.50. The van der Waals surface area contributed by atoms with Gasteiger partial charge in [0.2, 0.25) is 0 Å². The molecule has 6 heteroatoms. The topological polar surface area (TPSA) is 54.9 Å². The summed E-state index contributed by atoms with van der Waals surface area (Å²) >= 11 is 5.41. The highest BCUT2D eigenvalue weighted by Gasteiger charge is 1.98. The molecule has 0 amide bonds. The number of aromatic amines is 1. The van der Waals surface area contributed by atoms with Gasteiger partial charge in [-0.3, -0.25) is 14.3 Å². The summed E-state index contributed by atoms with van der Waals surface area (Å²) in [6.07, 6.45) is 4.72. The van der Waals surface area contributed by atoms with E-state index < -0.39 is 5.69 Å². The summed E-state index contributed by atoms with van der Waals surface area (Å²) in [7, 11) is 1.08. The van der Waals surface area contributed by atoms with Crippen LogP contribution in [0.25, 0.3) is 0 Å². The van der Waals surface area contributed by atoms with Crippen molar-refractivity contribution in [1.29, 1.82) is 0 Å². The molecular formula is C13H18ClN2O2P. The Morgan fingerprint density at radius 1 is 1.47 bits per heavy atom. The van der Waals surface area contributed by atoms with E-state index in [1.807, 2.05) is 0 Å². The minimum Gasteiger partial charge on any atom is -0.298 e. The molecule has 0 spiro atoms. The zero-order chi connectivity index (χ0) is 15.3. The number of aromatic nitrogens is 2. The first-order chi connectivity index (χ1) is 8.98. The second-order valence-corrected chi connectivity index (χ2v) is 4.43. The Labute approximate surface area is 120 Å². The Morgan fingerprint density at radius 2 is 2.00 bits per heavy atom. The van der Waals surface area contributed by atoms with Gasteiger partial charge in [-0.25, -0.2) is 4.79 Å². The van der Waals surface area contributed by atoms with E-state index in [1.54, 1.807) is 13.8 Å². The van der Waals surface area contributed by atoms with Crippen molar-refractivity contribution in [3.63, 3.8) is 0 Å². The van der Waals surface area contributed by atoms with Gasteiger partial charge in [0.1, 0.15) is 5.15 Å². The predicted octanol–water partition coefficient (Wildman–Crippen LogP) is 1.78. The van der Waals surface area contributed by atoms with Crippen molar-refractivity contribution < 1.29 is 0 Å². The van der Waals surface area contributed by atoms with Crippen molar-refractivity contribution in [1.82, 2.24) is 9.55 Å². The fourth-order valence-corrected chi connectivity index (χ4v) is 1.04. The smallest absolute Gasteiger partial charge is 0.298 e. The molecule has 0 unspecified atom stereocenters. The maximum Gasteiger partial charge on any atom is 0.329 e. The number of H-pyrrole nitrogens is 1. The van der Waals surface area contributed by atoms with Gasteiger partial charge in [-0.1, -0.05) is 17.5 Å². The maximum absolute atomic E-state index is 11.0. The zero-order valence-electron chi connectivity index (χ0n) is 11.5. The Bertz CT molecular complexity index is 542. The largest absolute Gasteiger partial charge is 0.329 e. The van der Waals surface area contributed by atoms with Crippen LogP contribution < -0.4 is 11.2 Å². The summed E-state index contributed by atoms with van der Waals surface area (Å²) in [5.41, 5.74) is -0.841. The van der Waals surface area contributed by atoms with Crippen LogP contribution in [0.3, 0.4) is 0 Å². The molecule has 104 valence electrons. The Kier molecular flexibility index (Phi) is 13.5. The third kappa shape index (κ3) is 10.2. The highest BCUT2D eigenvalue weighted by atomic mass is 35.5. The number of halogens is 1. The van der Waals surface area contributed by atoms with Gasteiger partial charge in [-0.15, -0.1) is 15.0 Å². The highest BCUT2D eigenvalue weighted by molar-refractivity contribution is 7.35. The Balaban J connectivity index is 0. The molecule has 4 nitrogen and oxygen atoms in total. The van der Waals surface area contributed by atoms with Crippen LogP contribution in [0.15, 0.2) is 15.7 Å². The molecule has 1 aromatic heterocycles. The average Bonchev–Trinajstić information content (AvgIpc) is 2.31. The average molecular weight is 301 g/mol. The van der Waals surface area contributed by atoms with Gasteiger partial charge in [-0.2, -0.15) is 0 Å². The number of rotatable bonds is 1. The SMILES string of the molecule is C#CC#CC.CCn1c(=O)cc(Cl)[nH]c1=O.CPC. The summed E-state index contributed by atoms with van der Waals surface area (Å²) in [4.78, 5) is 24.2. The second kappa shape index (κ2) is 13.0. The Morgan fingerprint density at radius 3 is 2.26 bits per heavy atom. The number of nitrogens with zero attached hydrogens (tertiary/aromatic N) is 1. The predicted molar refractivity (Wildman–Crippen MR) is 84.5 cm³/mol. The summed E-state index contributed by atoms with van der Waals surface area (Å²) in [6.45, 7) is 8.08. The molecule has 1 aromatic rings. The van der Waals surface area contributed by atoms with Crippen molar-refractivity contribution in [3.05, 3.63) is 32.1 Å². The number of hydrogen-bond acceptors (Lipinski definition) is 2. The molecule has 0 radical (unpaired) electrons. The number of nitrogens with one attached hydrogen (secondary N) is 1. The van der Waals surface area contributed by atoms with Crippen LogP contribution in [0, 0.1) is 24.2 Å². The minimum atomic E-state index is -0.468. The molecule has 0 atom stereocenters. The number of hydrogen-bond donors (Lipinski definition) is 1. The lowest BCUT2D eigenvalue weighted by molar-refractivity contribution is 0.673. The van der Waals surface area contributed by atoms with Crippen LogP contribution in [-0.4, -0.2) is 22.9 Å². The van der Waals surface area contributed by atoms with E-state index in [0.717, 1.165) is 13.1 Å². The van der Waals surface area contributed by atoms with Crippen molar-refractivity contribution >= 4 is 20.2 Å². The Hall–Kier alpha value is -1.48. The monoisotopic (exact) mass is 300 g/mol. The van der Waals surface area contributed by atoms with Crippen LogP contribution in [0.5, 0.6) is 0 Å². The van der Waals surface area contributed by atoms with Crippen LogP contribution in [-0.2, 0) is 6.54 Å². The highest BCUT2D eigenvalue weighted by Crippen LogP contribution is 1.92. The van der Waals surface area contributed by atoms with E-state index in [4.69, 9.17) is 18.0 Å². The second-order valence-electron chi connectivity index (χ2n) is 3.02. The number of terminal acetylenes is 1. The molecule has 0 aliphatic heterocycles. The van der Waals surface area contributed by atoms with Gasteiger partial charge in [0.15, 0.2) is 0 Å². The van der Waals surface area contributed by atoms with E-state index in [0.29, 0.717) is 6.54 Å². The first-order valence-corrected chi connectivity index (χ1v) is 7.81. The first kappa shape index (κ1) is 19.9. The summed E-state index contributed by atoms with van der Waals surface area (Å²) in [5.74, 6) is 7.08. The van der Waals surface area contributed by atoms with Crippen LogP contribution in [0.1, 0.15) is 13.8 Å². The molecule has 0 bridgehead atoms. The maximum atomic E-state index is 11.0. The molecular weight excluding hydrogens is 283 g/mol. The fourth-order valence-electron chi connectivity index (χ4n) is 0.864. The van der Waals surface area contributed by atoms with Gasteiger partial charge in [0.25, 0.3) is 5.56 Å². The first-order valence-electron chi connectivity index (χ1n) is 5.43. The summed E-state index contributed by atoms with van der Waals surface area (Å²) in [6, 6.07) is 1.17. The van der Waals surface area contributed by atoms with Gasteiger partial charge in [0, 0.05) is 12.6 Å². The fraction of sp³-hybridized carbons (Fsp3) is 0.385.